The van der Waals surface area contributed by atoms with Gasteiger partial charge in [-0.05, 0) is 146 Å². The fourth-order valence-corrected chi connectivity index (χ4v) is 14.0. The summed E-state index contributed by atoms with van der Waals surface area (Å²) in [5, 5.41) is 86.8. The average Bonchev–Trinajstić information content (AvgIpc) is 1.63. The third kappa shape index (κ3) is 25.6. The zero-order valence-corrected chi connectivity index (χ0v) is 78.7. The summed E-state index contributed by atoms with van der Waals surface area (Å²) in [6.45, 7) is 14.8. The Labute approximate surface area is 793 Å². The Morgan fingerprint density at radius 1 is 0.336 bits per heavy atom. The molecule has 140 heavy (non-hydrogen) atoms. The zero-order chi connectivity index (χ0) is 101. The molecule has 0 aliphatic rings. The van der Waals surface area contributed by atoms with Crippen LogP contribution in [0.5, 0.6) is 0 Å². The van der Waals surface area contributed by atoms with Crippen molar-refractivity contribution in [2.75, 3.05) is 26.2 Å². The molecule has 0 fully saturated rings. The highest BCUT2D eigenvalue weighted by Crippen LogP contribution is 2.34. The van der Waals surface area contributed by atoms with Gasteiger partial charge in [-0.1, -0.05) is 58.0 Å². The predicted molar refractivity (Wildman–Crippen MR) is 510 cm³/mol. The molecule has 0 saturated heterocycles. The highest BCUT2D eigenvalue weighted by atomic mass is 19.3. The Balaban J connectivity index is 0.000000142. The van der Waals surface area contributed by atoms with E-state index < -0.39 is 78.1 Å². The molecule has 6 amide bonds. The van der Waals surface area contributed by atoms with E-state index in [4.69, 9.17) is 0 Å². The van der Waals surface area contributed by atoms with Gasteiger partial charge in [0.05, 0.1) is 76.8 Å². The molecular weight excluding hydrogens is 1830 g/mol. The number of aromatic nitrogens is 24. The molecular formula is C95H103F9N30O6. The van der Waals surface area contributed by atoms with Gasteiger partial charge in [0, 0.05) is 191 Å². The lowest BCUT2D eigenvalue weighted by Crippen LogP contribution is -2.43. The number of hydrogen-bond acceptors (Lipinski definition) is 18. The molecule has 45 heteroatoms. The van der Waals surface area contributed by atoms with Crippen LogP contribution < -0.4 is 31.9 Å². The van der Waals surface area contributed by atoms with Gasteiger partial charge in [0.1, 0.15) is 11.2 Å². The van der Waals surface area contributed by atoms with E-state index in [0.29, 0.717) is 80.1 Å². The monoisotopic (exact) mass is 1930 g/mol. The van der Waals surface area contributed by atoms with Crippen LogP contribution in [0, 0.1) is 17.7 Å². The number of H-pyrrole nitrogens is 7. The lowest BCUT2D eigenvalue weighted by atomic mass is 10.1. The highest BCUT2D eigenvalue weighted by molar-refractivity contribution is 6.10. The molecule has 0 saturated carbocycles. The summed E-state index contributed by atoms with van der Waals surface area (Å²) in [5.74, 6) is -14.2. The average molecular weight is 1930 g/mol. The lowest BCUT2D eigenvalue weighted by Gasteiger charge is -2.20. The number of fused-ring (bicyclic) bond motifs is 6. The number of rotatable bonds is 26. The number of benzene rings is 6. The summed E-state index contributed by atoms with van der Waals surface area (Å²) in [6, 6.07) is 28.5. The lowest BCUT2D eigenvalue weighted by molar-refractivity contribution is -0.0111. The molecule has 0 bridgehead atoms. The maximum atomic E-state index is 14.3. The highest BCUT2D eigenvalue weighted by Gasteiger charge is 2.35. The smallest absolute Gasteiger partial charge is 0.272 e. The molecule has 0 aliphatic carbocycles. The number of alkyl halides is 8. The number of hydrogen-bond donors (Lipinski definition) is 13. The van der Waals surface area contributed by atoms with Crippen molar-refractivity contribution in [1.82, 2.24) is 152 Å². The second-order valence-corrected chi connectivity index (χ2v) is 34.8. The number of carbonyl (C=O) groups excluding carboxylic acids is 6. The van der Waals surface area contributed by atoms with Crippen molar-refractivity contribution < 1.29 is 68.3 Å². The van der Waals surface area contributed by atoms with Crippen LogP contribution in [-0.2, 0) is 35.2 Å². The van der Waals surface area contributed by atoms with Crippen LogP contribution in [0.2, 0.25) is 0 Å². The van der Waals surface area contributed by atoms with Gasteiger partial charge in [0.15, 0.2) is 34.3 Å². The minimum Gasteiger partial charge on any atom is -0.350 e. The first kappa shape index (κ1) is 101. The Hall–Kier alpha value is -16.4. The molecule has 18 rings (SSSR count). The number of nitrogens with zero attached hydrogens (tertiary/aromatic N) is 17. The summed E-state index contributed by atoms with van der Waals surface area (Å²) in [4.78, 5) is 73.5. The third-order valence-electron chi connectivity index (χ3n) is 22.0. The first-order valence-electron chi connectivity index (χ1n) is 44.1. The van der Waals surface area contributed by atoms with Crippen LogP contribution in [0.25, 0.3) is 132 Å². The SMILES string of the molecule is CC(C)CNC(=O)c1n[nH]c2ccc(-c3cn[nH]c3)cc12.CC(C)CNC(=O)c1n[nH]c2ccc(-c3cnn(C)c3)cc12.C[C@@H](NC(=O)c1n[nH]c2ccc(-c3cnn(C)c3)cc12)C(C)(F)F.C[C@H](NC(=O)c1n[nH]c2ccc(-c3cnn(C)c3)cc12)C(C)(F)F.Cn1cc(-c2cc(F)c3n[nH]c(C(=O)NCCC(C)(F)F)c3c2)cn1.Cn1cc(-c2ccc3[nH]nc(C(=O)NCCC(C)(F)F)c3c2)cn1. The molecule has 732 valence electrons. The minimum absolute atomic E-state index is 0.0126. The van der Waals surface area contributed by atoms with Crippen molar-refractivity contribution in [1.29, 1.82) is 0 Å². The van der Waals surface area contributed by atoms with Crippen molar-refractivity contribution in [3.63, 3.8) is 0 Å². The van der Waals surface area contributed by atoms with E-state index in [1.807, 2.05) is 126 Å². The molecule has 36 nitrogen and oxygen atoms in total. The van der Waals surface area contributed by atoms with E-state index in [1.54, 1.807) is 104 Å². The van der Waals surface area contributed by atoms with Gasteiger partial charge in [0.25, 0.3) is 47.3 Å². The van der Waals surface area contributed by atoms with E-state index in [-0.39, 0.29) is 58.6 Å². The largest absolute Gasteiger partial charge is 0.350 e. The van der Waals surface area contributed by atoms with Gasteiger partial charge in [-0.3, -0.25) is 87.9 Å². The minimum atomic E-state index is -3.01. The van der Waals surface area contributed by atoms with E-state index in [0.717, 1.165) is 105 Å². The summed E-state index contributed by atoms with van der Waals surface area (Å²) < 4.78 is 127. The maximum absolute atomic E-state index is 14.3. The van der Waals surface area contributed by atoms with Crippen LogP contribution in [0.1, 0.15) is 145 Å². The topological polar surface area (TPSA) is 464 Å². The molecule has 0 unspecified atom stereocenters. The number of halogens is 9. The molecule has 0 aliphatic heterocycles. The van der Waals surface area contributed by atoms with Crippen molar-refractivity contribution in [2.45, 2.75) is 118 Å². The molecule has 13 N–H and O–H groups in total. The first-order valence-corrected chi connectivity index (χ1v) is 44.1. The van der Waals surface area contributed by atoms with Crippen molar-refractivity contribution >= 4 is 101 Å². The van der Waals surface area contributed by atoms with Crippen LogP contribution >= 0.6 is 0 Å². The zero-order valence-electron chi connectivity index (χ0n) is 78.7. The standard InChI is InChI=1S/C16H16F3N5O.3C16H17F2N5O.C16H19N5O.C15H17N5O/c1-16(18,19)3-4-20-15(25)14-11-5-9(10-7-21-24(2)8-10)6-12(17)13(11)22-23-14;2*1-9(16(2,17)18)20-15(24)14-12-6-10(4-5-13(12)21-22-14)11-7-19-23(3)8-11;1-16(17,18)5-6-19-15(24)14-12-7-10(3-4-13(12)21-22-14)11-8-20-23(2)9-11;1-10(2)7-17-16(22)15-13-6-11(4-5-14(13)19-20-15)12-8-18-21(3)9-12;1-9(2)6-16-15(21)14-12-5-10(11-7-17-18-8-11)3-4-13(12)19-20-14/h5-8H,3-4H2,1-2H3,(H,20,25)(H,22,23);2*4-9H,1-3H3,(H,20,24)(H,21,22);3-4,7-9H,5-6H2,1-2H3,(H,19,24)(H,21,22);4-6,8-10H,7H2,1-3H3,(H,17,22)(H,19,20);3-5,7-9H,6H2,1-2H3,(H,16,21)(H,17,18)(H,19,20)/t;2*9-;;;/m.10.../s1. The molecule has 2 atom stereocenters. The second-order valence-electron chi connectivity index (χ2n) is 34.8. The van der Waals surface area contributed by atoms with Gasteiger partial charge >= 0.3 is 0 Å². The van der Waals surface area contributed by atoms with Gasteiger partial charge in [-0.15, -0.1) is 0 Å². The van der Waals surface area contributed by atoms with E-state index >= 15 is 0 Å². The Morgan fingerprint density at radius 3 is 0.900 bits per heavy atom. The molecule has 0 radical (unpaired) electrons. The van der Waals surface area contributed by atoms with Gasteiger partial charge in [-0.2, -0.15) is 61.2 Å². The number of amides is 6. The Morgan fingerprint density at radius 2 is 0.621 bits per heavy atom. The maximum Gasteiger partial charge on any atom is 0.272 e. The van der Waals surface area contributed by atoms with Crippen molar-refractivity contribution in [2.24, 2.45) is 47.1 Å². The number of carbonyl (C=O) groups is 6. The fourth-order valence-electron chi connectivity index (χ4n) is 14.0. The fraction of sp³-hybridized carbons (Fsp3) is 0.305. The van der Waals surface area contributed by atoms with Crippen LogP contribution in [0.15, 0.2) is 177 Å². The number of aryl methyl sites for hydroxylation is 5. The van der Waals surface area contributed by atoms with E-state index in [2.05, 4.69) is 156 Å². The van der Waals surface area contributed by atoms with Crippen LogP contribution in [0.4, 0.5) is 39.5 Å². The summed E-state index contributed by atoms with van der Waals surface area (Å²) in [5.41, 5.74) is 15.5. The van der Waals surface area contributed by atoms with Gasteiger partial charge < -0.3 is 31.9 Å². The number of nitrogens with one attached hydrogen (secondary N) is 13. The van der Waals surface area contributed by atoms with Crippen LogP contribution in [0.3, 0.4) is 0 Å². The molecule has 12 heterocycles. The summed E-state index contributed by atoms with van der Waals surface area (Å²) in [6.07, 6.45) is 20.4. The number of aromatic amines is 7. The van der Waals surface area contributed by atoms with Gasteiger partial charge in [-0.25, -0.2) is 39.5 Å². The van der Waals surface area contributed by atoms with Crippen molar-refractivity contribution in [3.8, 4) is 66.8 Å². The third-order valence-corrected chi connectivity index (χ3v) is 22.0. The summed E-state index contributed by atoms with van der Waals surface area (Å²) in [7, 11) is 9.06. The van der Waals surface area contributed by atoms with Gasteiger partial charge in [0.2, 0.25) is 11.8 Å². The molecule has 0 spiro atoms. The van der Waals surface area contributed by atoms with E-state index in [1.165, 1.54) is 19.9 Å². The second kappa shape index (κ2) is 42.9. The summed E-state index contributed by atoms with van der Waals surface area (Å²) >= 11 is 0. The molecule has 6 aromatic carbocycles. The quantitative estimate of drug-likeness (QED) is 0.0224. The van der Waals surface area contributed by atoms with Crippen LogP contribution in [-0.4, -0.2) is 218 Å². The molecule has 18 aromatic rings. The Kier molecular flexibility index (Phi) is 30.9. The van der Waals surface area contributed by atoms with Crippen molar-refractivity contribution in [3.05, 3.63) is 217 Å². The molecule has 12 aromatic heterocycles. The first-order chi connectivity index (χ1) is 66.3. The predicted octanol–water partition coefficient (Wildman–Crippen LogP) is 15.8. The Bertz CT molecular complexity index is 7260. The van der Waals surface area contributed by atoms with E-state index in [9.17, 15) is 68.3 Å². The normalized spacial score (nSPS) is 12.1.